The first-order chi connectivity index (χ1) is 6.77. The van der Waals surface area contributed by atoms with Gasteiger partial charge in [-0.25, -0.2) is 0 Å². The van der Waals surface area contributed by atoms with Gasteiger partial charge in [-0.05, 0) is 25.8 Å². The molecule has 82 valence electrons. The van der Waals surface area contributed by atoms with Crippen molar-refractivity contribution in [3.05, 3.63) is 0 Å². The van der Waals surface area contributed by atoms with Gasteiger partial charge in [-0.1, -0.05) is 0 Å². The lowest BCUT2D eigenvalue weighted by Crippen LogP contribution is -2.48. The molecule has 0 aromatic rings. The number of hydrogen-bond donors (Lipinski definition) is 2. The molecule has 0 saturated carbocycles. The monoisotopic (exact) mass is 200 g/mol. The maximum absolute atomic E-state index is 9.55. The van der Waals surface area contributed by atoms with Crippen molar-refractivity contribution in [2.75, 3.05) is 32.8 Å². The smallest absolute Gasteiger partial charge is 0.0789 e. The van der Waals surface area contributed by atoms with Crippen molar-refractivity contribution in [1.29, 1.82) is 0 Å². The summed E-state index contributed by atoms with van der Waals surface area (Å²) in [5, 5.41) is 9.55. The molecule has 0 amide bonds. The molecule has 2 fully saturated rings. The zero-order valence-corrected chi connectivity index (χ0v) is 8.61. The van der Waals surface area contributed by atoms with Gasteiger partial charge in [0.1, 0.15) is 0 Å². The van der Waals surface area contributed by atoms with E-state index in [1.807, 2.05) is 0 Å². The van der Waals surface area contributed by atoms with Gasteiger partial charge in [0.05, 0.1) is 12.7 Å². The van der Waals surface area contributed by atoms with Gasteiger partial charge in [-0.2, -0.15) is 0 Å². The van der Waals surface area contributed by atoms with E-state index in [4.69, 9.17) is 10.5 Å². The van der Waals surface area contributed by atoms with Crippen LogP contribution in [0.4, 0.5) is 0 Å². The summed E-state index contributed by atoms with van der Waals surface area (Å²) in [5.74, 6) is 0. The topological polar surface area (TPSA) is 58.7 Å². The Morgan fingerprint density at radius 3 is 3.00 bits per heavy atom. The molecular formula is C10H20N2O2. The van der Waals surface area contributed by atoms with Gasteiger partial charge in [-0.15, -0.1) is 0 Å². The summed E-state index contributed by atoms with van der Waals surface area (Å²) in [5.41, 5.74) is 5.66. The van der Waals surface area contributed by atoms with E-state index in [1.165, 1.54) is 12.8 Å². The number of rotatable bonds is 3. The van der Waals surface area contributed by atoms with Crippen molar-refractivity contribution in [1.82, 2.24) is 4.90 Å². The first kappa shape index (κ1) is 10.4. The third-order valence-corrected chi connectivity index (χ3v) is 3.53. The zero-order valence-electron chi connectivity index (χ0n) is 8.61. The maximum atomic E-state index is 9.55. The maximum Gasteiger partial charge on any atom is 0.0789 e. The molecule has 2 saturated heterocycles. The van der Waals surface area contributed by atoms with Crippen LogP contribution in [0.2, 0.25) is 0 Å². The lowest BCUT2D eigenvalue weighted by molar-refractivity contribution is 0.0550. The summed E-state index contributed by atoms with van der Waals surface area (Å²) in [6, 6.07) is 0. The molecule has 2 atom stereocenters. The molecule has 0 radical (unpaired) electrons. The van der Waals surface area contributed by atoms with Crippen LogP contribution < -0.4 is 5.73 Å². The molecule has 4 nitrogen and oxygen atoms in total. The summed E-state index contributed by atoms with van der Waals surface area (Å²) < 4.78 is 5.47. The number of hydrogen-bond acceptors (Lipinski definition) is 4. The van der Waals surface area contributed by atoms with Crippen LogP contribution in [0.5, 0.6) is 0 Å². The lowest BCUT2D eigenvalue weighted by Gasteiger charge is -2.34. The van der Waals surface area contributed by atoms with Crippen LogP contribution in [0.1, 0.15) is 19.3 Å². The molecule has 3 N–H and O–H groups in total. The van der Waals surface area contributed by atoms with E-state index in [9.17, 15) is 5.11 Å². The molecule has 0 bridgehead atoms. The summed E-state index contributed by atoms with van der Waals surface area (Å²) in [6.07, 6.45) is 3.17. The van der Waals surface area contributed by atoms with Crippen LogP contribution in [0.25, 0.3) is 0 Å². The first-order valence-corrected chi connectivity index (χ1v) is 5.48. The van der Waals surface area contributed by atoms with Crippen LogP contribution in [0.3, 0.4) is 0 Å². The minimum atomic E-state index is -0.384. The highest BCUT2D eigenvalue weighted by Gasteiger charge is 2.44. The zero-order chi connectivity index (χ0) is 10.0. The molecule has 1 spiro atoms. The van der Waals surface area contributed by atoms with Gasteiger partial charge < -0.3 is 15.6 Å². The Bertz CT molecular complexity index is 187. The Hall–Kier alpha value is -0.160. The van der Waals surface area contributed by atoms with E-state index in [1.54, 1.807) is 0 Å². The Labute approximate surface area is 85.0 Å². The van der Waals surface area contributed by atoms with Crippen molar-refractivity contribution in [3.63, 3.8) is 0 Å². The second-order valence-corrected chi connectivity index (χ2v) is 4.47. The number of likely N-dealkylation sites (tertiary alicyclic amines) is 1. The van der Waals surface area contributed by atoms with E-state index in [0.717, 1.165) is 26.2 Å². The van der Waals surface area contributed by atoms with Gasteiger partial charge in [0.25, 0.3) is 0 Å². The predicted molar refractivity (Wildman–Crippen MR) is 54.0 cm³/mol. The average Bonchev–Trinajstić information content (AvgIpc) is 2.79. The molecule has 2 aliphatic heterocycles. The third kappa shape index (κ3) is 1.80. The molecule has 4 heteroatoms. The molecule has 14 heavy (non-hydrogen) atoms. The second-order valence-electron chi connectivity index (χ2n) is 4.47. The molecule has 0 aliphatic carbocycles. The molecule has 0 aromatic heterocycles. The molecule has 1 unspecified atom stereocenters. The standard InChI is InChI=1S/C10H20N2O2/c11-6-9(13)7-12-4-1-2-10(12)3-5-14-8-10/h9,13H,1-8,11H2/t9-,10?/m0/s1. The Morgan fingerprint density at radius 1 is 1.50 bits per heavy atom. The van der Waals surface area contributed by atoms with E-state index in [-0.39, 0.29) is 11.6 Å². The van der Waals surface area contributed by atoms with Gasteiger partial charge in [0.15, 0.2) is 0 Å². The lowest BCUT2D eigenvalue weighted by atomic mass is 9.95. The van der Waals surface area contributed by atoms with E-state index >= 15 is 0 Å². The van der Waals surface area contributed by atoms with Crippen LogP contribution in [0.15, 0.2) is 0 Å². The number of nitrogens with zero attached hydrogens (tertiary/aromatic N) is 1. The highest BCUT2D eigenvalue weighted by Crippen LogP contribution is 2.36. The van der Waals surface area contributed by atoms with E-state index < -0.39 is 0 Å². The van der Waals surface area contributed by atoms with Crippen LogP contribution >= 0.6 is 0 Å². The predicted octanol–water partition coefficient (Wildman–Crippen LogP) is -0.439. The fourth-order valence-electron chi connectivity index (χ4n) is 2.65. The van der Waals surface area contributed by atoms with E-state index in [2.05, 4.69) is 4.90 Å². The SMILES string of the molecule is NC[C@H](O)CN1CCCC12CCOC2. The fraction of sp³-hybridized carbons (Fsp3) is 1.00. The minimum Gasteiger partial charge on any atom is -0.390 e. The molecular weight excluding hydrogens is 180 g/mol. The summed E-state index contributed by atoms with van der Waals surface area (Å²) in [7, 11) is 0. The van der Waals surface area contributed by atoms with Crippen molar-refractivity contribution in [2.24, 2.45) is 5.73 Å². The van der Waals surface area contributed by atoms with Crippen molar-refractivity contribution in [3.8, 4) is 0 Å². The highest BCUT2D eigenvalue weighted by atomic mass is 16.5. The first-order valence-electron chi connectivity index (χ1n) is 5.48. The fourth-order valence-corrected chi connectivity index (χ4v) is 2.65. The van der Waals surface area contributed by atoms with Crippen LogP contribution in [-0.2, 0) is 4.74 Å². The molecule has 0 aromatic carbocycles. The van der Waals surface area contributed by atoms with Gasteiger partial charge in [-0.3, -0.25) is 4.90 Å². The normalized spacial score (nSPS) is 35.6. The second kappa shape index (κ2) is 4.14. The molecule has 2 rings (SSSR count). The number of ether oxygens (including phenoxy) is 1. The largest absolute Gasteiger partial charge is 0.390 e. The quantitative estimate of drug-likeness (QED) is 0.648. The van der Waals surface area contributed by atoms with Crippen LogP contribution in [-0.4, -0.2) is 54.5 Å². The van der Waals surface area contributed by atoms with Gasteiger partial charge in [0, 0.05) is 25.2 Å². The Morgan fingerprint density at radius 2 is 2.36 bits per heavy atom. The molecule has 2 aliphatic rings. The van der Waals surface area contributed by atoms with Gasteiger partial charge in [0.2, 0.25) is 0 Å². The highest BCUT2D eigenvalue weighted by molar-refractivity contribution is 4.99. The van der Waals surface area contributed by atoms with Crippen LogP contribution in [0, 0.1) is 0 Å². The third-order valence-electron chi connectivity index (χ3n) is 3.53. The summed E-state index contributed by atoms with van der Waals surface area (Å²) in [6.45, 7) is 3.85. The Balaban J connectivity index is 1.96. The minimum absolute atomic E-state index is 0.232. The number of nitrogens with two attached hydrogens (primary N) is 1. The number of aliphatic hydroxyl groups excluding tert-OH is 1. The van der Waals surface area contributed by atoms with Crippen molar-refractivity contribution < 1.29 is 9.84 Å². The number of β-amino-alcohol motifs (C(OH)–C–C–N with tert-alkyl or cyclic N) is 1. The summed E-state index contributed by atoms with van der Waals surface area (Å²) >= 11 is 0. The van der Waals surface area contributed by atoms with Crippen molar-refractivity contribution >= 4 is 0 Å². The van der Waals surface area contributed by atoms with Gasteiger partial charge >= 0.3 is 0 Å². The average molecular weight is 200 g/mol. The van der Waals surface area contributed by atoms with E-state index in [0.29, 0.717) is 13.1 Å². The molecule has 2 heterocycles. The Kier molecular flexibility index (Phi) is 3.07. The number of aliphatic hydroxyl groups is 1. The van der Waals surface area contributed by atoms with Crippen molar-refractivity contribution in [2.45, 2.75) is 30.9 Å². The summed E-state index contributed by atoms with van der Waals surface area (Å²) in [4.78, 5) is 2.37.